The SMILES string of the molecule is CCCCOc1ccc(S(=O)(=O)N2CC3C(CN(C(=O)Oc4cccs4)c4ccc(N5CCOCC5)c(F)c4)C3C2)cc1. The second kappa shape index (κ2) is 12.8. The molecule has 2 unspecified atom stereocenters. The van der Waals surface area contributed by atoms with Crippen LogP contribution in [0.15, 0.2) is 64.9 Å². The van der Waals surface area contributed by atoms with Crippen LogP contribution in [0.1, 0.15) is 19.8 Å². The monoisotopic (exact) mass is 629 g/mol. The highest BCUT2D eigenvalue weighted by Crippen LogP contribution is 2.53. The van der Waals surface area contributed by atoms with E-state index in [-0.39, 0.29) is 22.6 Å². The Kier molecular flexibility index (Phi) is 8.90. The van der Waals surface area contributed by atoms with Crippen LogP contribution in [0.2, 0.25) is 0 Å². The van der Waals surface area contributed by atoms with Gasteiger partial charge in [-0.05, 0) is 84.2 Å². The second-order valence-corrected chi connectivity index (χ2v) is 14.0. The van der Waals surface area contributed by atoms with Gasteiger partial charge in [0.15, 0.2) is 5.06 Å². The van der Waals surface area contributed by atoms with Crippen molar-refractivity contribution in [1.29, 1.82) is 0 Å². The summed E-state index contributed by atoms with van der Waals surface area (Å²) in [5.74, 6) is 0.546. The fourth-order valence-electron chi connectivity index (χ4n) is 5.95. The number of morpholine rings is 1. The van der Waals surface area contributed by atoms with E-state index in [0.717, 1.165) is 12.8 Å². The lowest BCUT2D eigenvalue weighted by Gasteiger charge is -2.30. The van der Waals surface area contributed by atoms with E-state index >= 15 is 4.39 Å². The molecule has 1 saturated carbocycles. The van der Waals surface area contributed by atoms with Crippen LogP contribution < -0.4 is 19.3 Å². The van der Waals surface area contributed by atoms with Gasteiger partial charge in [0.1, 0.15) is 11.6 Å². The Labute approximate surface area is 255 Å². The average Bonchev–Trinajstić information content (AvgIpc) is 3.36. The van der Waals surface area contributed by atoms with Crippen LogP contribution in [0.25, 0.3) is 0 Å². The number of carbonyl (C=O) groups excluding carboxylic acids is 1. The van der Waals surface area contributed by atoms with E-state index in [9.17, 15) is 13.2 Å². The predicted octanol–water partition coefficient (Wildman–Crippen LogP) is 5.47. The summed E-state index contributed by atoms with van der Waals surface area (Å²) in [6.07, 6.45) is 1.38. The van der Waals surface area contributed by atoms with Crippen LogP contribution >= 0.6 is 11.3 Å². The van der Waals surface area contributed by atoms with Crippen molar-refractivity contribution in [2.24, 2.45) is 17.8 Å². The molecule has 1 aromatic heterocycles. The van der Waals surface area contributed by atoms with E-state index in [4.69, 9.17) is 14.2 Å². The summed E-state index contributed by atoms with van der Waals surface area (Å²) in [4.78, 5) is 17.0. The van der Waals surface area contributed by atoms with Gasteiger partial charge >= 0.3 is 6.09 Å². The number of fused-ring (bicyclic) bond motifs is 1. The number of sulfonamides is 1. The number of carbonyl (C=O) groups is 1. The van der Waals surface area contributed by atoms with E-state index in [2.05, 4.69) is 6.92 Å². The number of piperidine rings is 1. The normalized spacial score (nSPS) is 21.8. The Morgan fingerprint density at radius 3 is 2.49 bits per heavy atom. The van der Waals surface area contributed by atoms with Gasteiger partial charge in [-0.1, -0.05) is 13.3 Å². The molecule has 1 amide bonds. The van der Waals surface area contributed by atoms with E-state index in [1.54, 1.807) is 48.5 Å². The highest BCUT2D eigenvalue weighted by atomic mass is 32.2. The van der Waals surface area contributed by atoms with Gasteiger partial charge in [0, 0.05) is 32.7 Å². The number of nitrogens with zero attached hydrogens (tertiary/aromatic N) is 3. The fourth-order valence-corrected chi connectivity index (χ4v) is 8.04. The maximum absolute atomic E-state index is 15.3. The molecule has 0 spiro atoms. The first-order valence-corrected chi connectivity index (χ1v) is 17.0. The lowest BCUT2D eigenvalue weighted by Crippen LogP contribution is -2.38. The zero-order valence-electron chi connectivity index (χ0n) is 24.1. The number of ether oxygens (including phenoxy) is 3. The average molecular weight is 630 g/mol. The maximum Gasteiger partial charge on any atom is 0.420 e. The number of hydrogen-bond donors (Lipinski definition) is 0. The van der Waals surface area contributed by atoms with Gasteiger partial charge in [-0.3, -0.25) is 4.90 Å². The van der Waals surface area contributed by atoms with Gasteiger partial charge in [0.2, 0.25) is 10.0 Å². The molecule has 230 valence electrons. The number of anilines is 2. The summed E-state index contributed by atoms with van der Waals surface area (Å²) in [5, 5.41) is 2.27. The van der Waals surface area contributed by atoms with Crippen molar-refractivity contribution in [3.8, 4) is 10.8 Å². The van der Waals surface area contributed by atoms with Gasteiger partial charge in [0.25, 0.3) is 0 Å². The van der Waals surface area contributed by atoms with Crippen molar-refractivity contribution < 1.29 is 31.8 Å². The predicted molar refractivity (Wildman–Crippen MR) is 163 cm³/mol. The van der Waals surface area contributed by atoms with Crippen LogP contribution in [-0.4, -0.2) is 71.4 Å². The lowest BCUT2D eigenvalue weighted by atomic mass is 10.2. The van der Waals surface area contributed by atoms with Crippen molar-refractivity contribution in [2.45, 2.75) is 24.7 Å². The first kappa shape index (κ1) is 29.9. The number of unbranched alkanes of at least 4 members (excludes halogenated alkanes) is 1. The summed E-state index contributed by atoms with van der Waals surface area (Å²) < 4.78 is 60.2. The topological polar surface area (TPSA) is 88.6 Å². The molecule has 2 aliphatic heterocycles. The molecule has 3 aliphatic rings. The Hall–Kier alpha value is -3.19. The molecule has 3 fully saturated rings. The van der Waals surface area contributed by atoms with Crippen LogP contribution in [0.4, 0.5) is 20.6 Å². The van der Waals surface area contributed by atoms with Crippen LogP contribution in [0, 0.1) is 23.6 Å². The number of hydrogen-bond acceptors (Lipinski definition) is 8. The Balaban J connectivity index is 1.13. The van der Waals surface area contributed by atoms with Crippen molar-refractivity contribution in [3.05, 3.63) is 65.8 Å². The molecule has 3 aromatic rings. The molecule has 1 aliphatic carbocycles. The van der Waals surface area contributed by atoms with Crippen LogP contribution in [-0.2, 0) is 14.8 Å². The molecule has 12 heteroatoms. The van der Waals surface area contributed by atoms with Crippen molar-refractivity contribution >= 4 is 38.8 Å². The van der Waals surface area contributed by atoms with Crippen molar-refractivity contribution in [1.82, 2.24) is 4.31 Å². The minimum absolute atomic E-state index is 0.0821. The number of amides is 1. The van der Waals surface area contributed by atoms with E-state index < -0.39 is 21.9 Å². The maximum atomic E-state index is 15.3. The highest BCUT2D eigenvalue weighted by molar-refractivity contribution is 7.89. The number of rotatable bonds is 11. The zero-order valence-corrected chi connectivity index (χ0v) is 25.7. The largest absolute Gasteiger partial charge is 0.494 e. The minimum Gasteiger partial charge on any atom is -0.494 e. The molecular weight excluding hydrogens is 593 g/mol. The van der Waals surface area contributed by atoms with Crippen LogP contribution in [0.5, 0.6) is 10.8 Å². The molecule has 0 N–H and O–H groups in total. The first-order valence-electron chi connectivity index (χ1n) is 14.7. The van der Waals surface area contributed by atoms with Crippen molar-refractivity contribution in [3.63, 3.8) is 0 Å². The molecule has 0 bridgehead atoms. The molecule has 43 heavy (non-hydrogen) atoms. The third-order valence-electron chi connectivity index (χ3n) is 8.46. The molecule has 2 aromatic carbocycles. The third kappa shape index (κ3) is 6.52. The molecule has 2 atom stereocenters. The number of thiophene rings is 1. The molecule has 6 rings (SSSR count). The number of benzene rings is 2. The van der Waals surface area contributed by atoms with E-state index in [1.807, 2.05) is 10.3 Å². The Morgan fingerprint density at radius 1 is 1.09 bits per heavy atom. The summed E-state index contributed by atoms with van der Waals surface area (Å²) in [6.45, 7) is 6.03. The van der Waals surface area contributed by atoms with Crippen molar-refractivity contribution in [2.75, 3.05) is 62.3 Å². The minimum atomic E-state index is -3.65. The molecule has 9 nitrogen and oxygen atoms in total. The summed E-state index contributed by atoms with van der Waals surface area (Å²) in [6, 6.07) is 14.9. The molecule has 2 saturated heterocycles. The Bertz CT molecular complexity index is 1500. The summed E-state index contributed by atoms with van der Waals surface area (Å²) in [7, 11) is -3.65. The highest BCUT2D eigenvalue weighted by Gasteiger charge is 2.58. The van der Waals surface area contributed by atoms with Gasteiger partial charge in [-0.2, -0.15) is 4.31 Å². The lowest BCUT2D eigenvalue weighted by molar-refractivity contribution is 0.122. The first-order chi connectivity index (χ1) is 20.8. The van der Waals surface area contributed by atoms with Gasteiger partial charge in [0.05, 0.1) is 36.1 Å². The smallest absolute Gasteiger partial charge is 0.420 e. The van der Waals surface area contributed by atoms with Gasteiger partial charge in [-0.25, -0.2) is 17.6 Å². The summed E-state index contributed by atoms with van der Waals surface area (Å²) in [5.41, 5.74) is 0.884. The van der Waals surface area contributed by atoms with Gasteiger partial charge in [-0.15, -0.1) is 11.3 Å². The van der Waals surface area contributed by atoms with Gasteiger partial charge < -0.3 is 19.1 Å². The quantitative estimate of drug-likeness (QED) is 0.260. The summed E-state index contributed by atoms with van der Waals surface area (Å²) >= 11 is 1.30. The van der Waals surface area contributed by atoms with E-state index in [1.165, 1.54) is 26.6 Å². The Morgan fingerprint density at radius 2 is 1.84 bits per heavy atom. The second-order valence-electron chi connectivity index (χ2n) is 11.1. The molecule has 0 radical (unpaired) electrons. The molecular formula is C31H36FN3O6S2. The fraction of sp³-hybridized carbons (Fsp3) is 0.452. The van der Waals surface area contributed by atoms with Crippen LogP contribution in [0.3, 0.4) is 0 Å². The molecule has 3 heterocycles. The van der Waals surface area contributed by atoms with E-state index in [0.29, 0.717) is 74.7 Å². The standard InChI is InChI=1S/C31H36FN3O6S2/c1-2-3-14-40-23-7-9-24(10-8-23)43(37,38)34-19-25-26(20-34)27(25)21-35(31(36)41-30-5-4-17-42-30)22-6-11-29(28(32)18-22)33-12-15-39-16-13-33/h4-11,17-18,25-27H,2-3,12-16,19-21H2,1H3. The third-order valence-corrected chi connectivity index (χ3v) is 11.0. The number of halogens is 1. The zero-order chi connectivity index (χ0) is 30.0.